The van der Waals surface area contributed by atoms with E-state index >= 15 is 0 Å². The van der Waals surface area contributed by atoms with Gasteiger partial charge in [-0.2, -0.15) is 0 Å². The van der Waals surface area contributed by atoms with Crippen molar-refractivity contribution in [1.82, 2.24) is 4.90 Å². The van der Waals surface area contributed by atoms with Crippen LogP contribution >= 0.6 is 23.2 Å². The summed E-state index contributed by atoms with van der Waals surface area (Å²) in [6.45, 7) is 2.69. The normalized spacial score (nSPS) is 20.7. The van der Waals surface area contributed by atoms with Gasteiger partial charge in [0, 0.05) is 19.0 Å². The highest BCUT2D eigenvalue weighted by Gasteiger charge is 2.30. The molecule has 6 heteroatoms. The van der Waals surface area contributed by atoms with Crippen LogP contribution in [0.4, 0.5) is 4.39 Å². The van der Waals surface area contributed by atoms with Crippen LogP contribution in [0, 0.1) is 11.7 Å². The standard InChI is InChI=1S/C13H14Cl2FNO2/c1-7(18)8-2-3-17(6-8)13(19)9-4-12(16)11(15)5-10(9)14/h4-5,7-8,18H,2-3,6H2,1H3. The number of carbonyl (C=O) groups excluding carboxylic acids is 1. The minimum absolute atomic E-state index is 0.0554. The third-order valence-corrected chi connectivity index (χ3v) is 4.04. The number of hydrogen-bond acceptors (Lipinski definition) is 2. The van der Waals surface area contributed by atoms with Gasteiger partial charge in [0.15, 0.2) is 0 Å². The Kier molecular flexibility index (Phi) is 4.33. The van der Waals surface area contributed by atoms with Crippen molar-refractivity contribution in [3.05, 3.63) is 33.6 Å². The smallest absolute Gasteiger partial charge is 0.255 e. The molecule has 1 heterocycles. The van der Waals surface area contributed by atoms with Gasteiger partial charge >= 0.3 is 0 Å². The van der Waals surface area contributed by atoms with Gasteiger partial charge in [0.2, 0.25) is 0 Å². The number of carbonyl (C=O) groups is 1. The summed E-state index contributed by atoms with van der Waals surface area (Å²) in [6.07, 6.45) is 0.270. The van der Waals surface area contributed by atoms with Crippen molar-refractivity contribution in [3.63, 3.8) is 0 Å². The van der Waals surface area contributed by atoms with Crippen LogP contribution in [-0.4, -0.2) is 35.1 Å². The van der Waals surface area contributed by atoms with Crippen LogP contribution in [0.3, 0.4) is 0 Å². The molecule has 104 valence electrons. The molecule has 2 unspecified atom stereocenters. The van der Waals surface area contributed by atoms with Crippen LogP contribution in [0.15, 0.2) is 12.1 Å². The Morgan fingerprint density at radius 3 is 2.74 bits per heavy atom. The zero-order valence-electron chi connectivity index (χ0n) is 10.4. The lowest BCUT2D eigenvalue weighted by Crippen LogP contribution is -2.30. The second kappa shape index (κ2) is 5.65. The molecule has 0 bridgehead atoms. The van der Waals surface area contributed by atoms with Crippen LogP contribution in [0.25, 0.3) is 0 Å². The molecule has 1 N–H and O–H groups in total. The lowest BCUT2D eigenvalue weighted by molar-refractivity contribution is 0.0762. The summed E-state index contributed by atoms with van der Waals surface area (Å²) in [7, 11) is 0. The van der Waals surface area contributed by atoms with E-state index in [1.807, 2.05) is 0 Å². The predicted molar refractivity (Wildman–Crippen MR) is 72.1 cm³/mol. The van der Waals surface area contributed by atoms with Crippen molar-refractivity contribution in [2.45, 2.75) is 19.4 Å². The van der Waals surface area contributed by atoms with Gasteiger partial charge in [-0.15, -0.1) is 0 Å². The molecule has 0 saturated carbocycles. The van der Waals surface area contributed by atoms with Gasteiger partial charge in [-0.1, -0.05) is 23.2 Å². The molecule has 3 nitrogen and oxygen atoms in total. The minimum atomic E-state index is -0.666. The van der Waals surface area contributed by atoms with Gasteiger partial charge in [0.25, 0.3) is 5.91 Å². The van der Waals surface area contributed by atoms with Crippen LogP contribution in [0.2, 0.25) is 10.0 Å². The SMILES string of the molecule is CC(O)C1CCN(C(=O)c2cc(F)c(Cl)cc2Cl)C1. The summed E-state index contributed by atoms with van der Waals surface area (Å²) in [6, 6.07) is 2.29. The molecule has 2 rings (SSSR count). The quantitative estimate of drug-likeness (QED) is 0.853. The average molecular weight is 306 g/mol. The lowest BCUT2D eigenvalue weighted by atomic mass is 10.0. The zero-order chi connectivity index (χ0) is 14.2. The minimum Gasteiger partial charge on any atom is -0.393 e. The van der Waals surface area contributed by atoms with Crippen molar-refractivity contribution < 1.29 is 14.3 Å². The van der Waals surface area contributed by atoms with E-state index in [1.54, 1.807) is 11.8 Å². The molecule has 1 saturated heterocycles. The third kappa shape index (κ3) is 3.02. The number of rotatable bonds is 2. The van der Waals surface area contributed by atoms with E-state index in [9.17, 15) is 14.3 Å². The highest BCUT2D eigenvalue weighted by molar-refractivity contribution is 6.36. The molecule has 0 aromatic heterocycles. The molecular formula is C13H14Cl2FNO2. The van der Waals surface area contributed by atoms with E-state index in [-0.39, 0.29) is 27.4 Å². The van der Waals surface area contributed by atoms with E-state index in [2.05, 4.69) is 0 Å². The van der Waals surface area contributed by atoms with E-state index in [1.165, 1.54) is 6.07 Å². The molecule has 1 aliphatic rings. The van der Waals surface area contributed by atoms with Crippen molar-refractivity contribution in [2.75, 3.05) is 13.1 Å². The molecule has 0 aliphatic carbocycles. The maximum Gasteiger partial charge on any atom is 0.255 e. The van der Waals surface area contributed by atoms with Gasteiger partial charge in [-0.25, -0.2) is 4.39 Å². The van der Waals surface area contributed by atoms with Crippen LogP contribution in [-0.2, 0) is 0 Å². The summed E-state index contributed by atoms with van der Waals surface area (Å²) in [5.41, 5.74) is 0.106. The highest BCUT2D eigenvalue weighted by Crippen LogP contribution is 2.28. The molecule has 19 heavy (non-hydrogen) atoms. The van der Waals surface area contributed by atoms with Gasteiger partial charge in [0.1, 0.15) is 5.82 Å². The number of benzene rings is 1. The number of hydrogen-bond donors (Lipinski definition) is 1. The fraction of sp³-hybridized carbons (Fsp3) is 0.462. The Morgan fingerprint density at radius 1 is 1.47 bits per heavy atom. The number of nitrogens with zero attached hydrogens (tertiary/aromatic N) is 1. The number of likely N-dealkylation sites (tertiary alicyclic amines) is 1. The molecule has 1 amide bonds. The zero-order valence-corrected chi connectivity index (χ0v) is 11.9. The molecule has 1 aromatic carbocycles. The van der Waals surface area contributed by atoms with Gasteiger partial charge in [0.05, 0.1) is 21.7 Å². The van der Waals surface area contributed by atoms with Crippen molar-refractivity contribution in [3.8, 4) is 0 Å². The lowest BCUT2D eigenvalue weighted by Gasteiger charge is -2.18. The van der Waals surface area contributed by atoms with Gasteiger partial charge in [-0.05, 0) is 25.5 Å². The molecular weight excluding hydrogens is 292 g/mol. The Labute approximate surface area is 120 Å². The Balaban J connectivity index is 2.19. The number of aliphatic hydroxyl groups excluding tert-OH is 1. The van der Waals surface area contributed by atoms with E-state index in [0.717, 1.165) is 12.5 Å². The number of halogens is 3. The van der Waals surface area contributed by atoms with Crippen LogP contribution in [0.5, 0.6) is 0 Å². The summed E-state index contributed by atoms with van der Waals surface area (Å²) in [5, 5.41) is 9.55. The van der Waals surface area contributed by atoms with Gasteiger partial charge in [-0.3, -0.25) is 4.79 Å². The number of amides is 1. The molecule has 1 fully saturated rings. The van der Waals surface area contributed by atoms with Crippen LogP contribution < -0.4 is 0 Å². The van der Waals surface area contributed by atoms with Crippen LogP contribution in [0.1, 0.15) is 23.7 Å². The first kappa shape index (κ1) is 14.6. The summed E-state index contributed by atoms with van der Waals surface area (Å²) in [5.74, 6) is -0.940. The number of aliphatic hydroxyl groups is 1. The fourth-order valence-electron chi connectivity index (χ4n) is 2.22. The first-order chi connectivity index (χ1) is 8.90. The summed E-state index contributed by atoms with van der Waals surface area (Å²) in [4.78, 5) is 13.8. The molecule has 1 aliphatic heterocycles. The second-order valence-corrected chi connectivity index (χ2v) is 5.60. The Hall–Kier alpha value is -0.840. The van der Waals surface area contributed by atoms with Crippen molar-refractivity contribution in [1.29, 1.82) is 0 Å². The maximum atomic E-state index is 13.4. The second-order valence-electron chi connectivity index (χ2n) is 4.79. The molecule has 2 atom stereocenters. The van der Waals surface area contributed by atoms with Crippen molar-refractivity contribution in [2.24, 2.45) is 5.92 Å². The first-order valence-electron chi connectivity index (χ1n) is 6.02. The summed E-state index contributed by atoms with van der Waals surface area (Å²) >= 11 is 11.5. The average Bonchev–Trinajstić information content (AvgIpc) is 2.82. The Morgan fingerprint density at radius 2 is 2.16 bits per heavy atom. The fourth-order valence-corrected chi connectivity index (χ4v) is 2.69. The topological polar surface area (TPSA) is 40.5 Å². The third-order valence-electron chi connectivity index (χ3n) is 3.43. The molecule has 0 radical (unpaired) electrons. The summed E-state index contributed by atoms with van der Waals surface area (Å²) < 4.78 is 13.4. The monoisotopic (exact) mass is 305 g/mol. The highest BCUT2D eigenvalue weighted by atomic mass is 35.5. The van der Waals surface area contributed by atoms with E-state index < -0.39 is 11.9 Å². The first-order valence-corrected chi connectivity index (χ1v) is 6.77. The molecule has 0 spiro atoms. The maximum absolute atomic E-state index is 13.4. The van der Waals surface area contributed by atoms with E-state index in [0.29, 0.717) is 13.1 Å². The van der Waals surface area contributed by atoms with Gasteiger partial charge < -0.3 is 10.0 Å². The molecule has 1 aromatic rings. The largest absolute Gasteiger partial charge is 0.393 e. The van der Waals surface area contributed by atoms with Crippen molar-refractivity contribution >= 4 is 29.1 Å². The Bertz CT molecular complexity index is 508. The van der Waals surface area contributed by atoms with E-state index in [4.69, 9.17) is 23.2 Å². The predicted octanol–water partition coefficient (Wildman–Crippen LogP) is 2.98.